The van der Waals surface area contributed by atoms with Gasteiger partial charge in [-0.1, -0.05) is 30.3 Å². The molecule has 182 valence electrons. The lowest BCUT2D eigenvalue weighted by atomic mass is 10.1. The minimum atomic E-state index is -0.217. The average Bonchev–Trinajstić information content (AvgIpc) is 3.24. The van der Waals surface area contributed by atoms with Crippen molar-refractivity contribution in [3.05, 3.63) is 94.3 Å². The molecule has 2 aromatic heterocycles. The molecule has 0 bridgehead atoms. The van der Waals surface area contributed by atoms with Gasteiger partial charge in [-0.2, -0.15) is 5.10 Å². The van der Waals surface area contributed by atoms with Crippen LogP contribution in [-0.2, 0) is 17.9 Å². The molecule has 1 amide bonds. The van der Waals surface area contributed by atoms with Gasteiger partial charge in [0.05, 0.1) is 38.0 Å². The molecule has 2 heterocycles. The molecule has 1 N–H and O–H groups in total. The van der Waals surface area contributed by atoms with E-state index in [1.807, 2.05) is 66.1 Å². The number of ether oxygens (including phenoxy) is 2. The molecule has 0 spiro atoms. The number of aryl methyl sites for hydroxylation is 1. The number of carbonyl (C=O) groups is 1. The summed E-state index contributed by atoms with van der Waals surface area (Å²) in [5.41, 5.74) is 3.18. The van der Waals surface area contributed by atoms with Crippen LogP contribution in [0.4, 0.5) is 5.82 Å². The minimum absolute atomic E-state index is 0.0401. The summed E-state index contributed by atoms with van der Waals surface area (Å²) in [5.74, 6) is 1.67. The van der Waals surface area contributed by atoms with Gasteiger partial charge in [-0.25, -0.2) is 4.68 Å². The van der Waals surface area contributed by atoms with Crippen LogP contribution in [0.15, 0.2) is 77.7 Å². The number of rotatable bonds is 7. The van der Waals surface area contributed by atoms with Gasteiger partial charge in [0.1, 0.15) is 12.4 Å². The number of nitrogens with zero attached hydrogens (tertiary/aromatic N) is 3. The number of nitrogens with one attached hydrogen (secondary N) is 1. The van der Waals surface area contributed by atoms with Gasteiger partial charge in [0.15, 0.2) is 16.9 Å². The van der Waals surface area contributed by atoms with E-state index >= 15 is 0 Å². The monoisotopic (exact) mass is 482 g/mol. The highest BCUT2D eigenvalue weighted by atomic mass is 16.5. The van der Waals surface area contributed by atoms with Crippen molar-refractivity contribution in [1.82, 2.24) is 14.3 Å². The van der Waals surface area contributed by atoms with Crippen LogP contribution in [0.25, 0.3) is 21.8 Å². The van der Waals surface area contributed by atoms with E-state index < -0.39 is 0 Å². The van der Waals surface area contributed by atoms with E-state index in [4.69, 9.17) is 9.47 Å². The number of hydrogen-bond donors (Lipinski definition) is 1. The predicted octanol–water partition coefficient (Wildman–Crippen LogP) is 4.36. The van der Waals surface area contributed by atoms with Crippen LogP contribution in [-0.4, -0.2) is 34.5 Å². The van der Waals surface area contributed by atoms with Crippen LogP contribution in [0.3, 0.4) is 0 Å². The molecule has 3 aromatic carbocycles. The normalized spacial score (nSPS) is 11.1. The third kappa shape index (κ3) is 4.17. The molecule has 0 radical (unpaired) electrons. The largest absolute Gasteiger partial charge is 0.493 e. The molecule has 0 aliphatic heterocycles. The number of fused-ring (bicyclic) bond motifs is 2. The fourth-order valence-electron chi connectivity index (χ4n) is 4.48. The van der Waals surface area contributed by atoms with Crippen LogP contribution >= 0.6 is 0 Å². The lowest BCUT2D eigenvalue weighted by molar-refractivity contribution is -0.116. The summed E-state index contributed by atoms with van der Waals surface area (Å²) in [5, 5.41) is 8.66. The Kier molecular flexibility index (Phi) is 6.16. The maximum absolute atomic E-state index is 13.3. The smallest absolute Gasteiger partial charge is 0.245 e. The van der Waals surface area contributed by atoms with E-state index in [9.17, 15) is 9.59 Å². The number of carbonyl (C=O) groups excluding carboxylic acids is 1. The maximum atomic E-state index is 13.3. The van der Waals surface area contributed by atoms with E-state index in [1.165, 1.54) is 0 Å². The highest BCUT2D eigenvalue weighted by Crippen LogP contribution is 2.28. The van der Waals surface area contributed by atoms with Gasteiger partial charge in [0.2, 0.25) is 5.91 Å². The summed E-state index contributed by atoms with van der Waals surface area (Å²) < 4.78 is 14.4. The molecule has 0 saturated carbocycles. The first-order chi connectivity index (χ1) is 17.5. The van der Waals surface area contributed by atoms with Gasteiger partial charge in [-0.3, -0.25) is 9.59 Å². The van der Waals surface area contributed by atoms with Crippen molar-refractivity contribution in [3.63, 3.8) is 0 Å². The second-order valence-electron chi connectivity index (χ2n) is 8.52. The van der Waals surface area contributed by atoms with Crippen molar-refractivity contribution in [2.75, 3.05) is 19.5 Å². The molecule has 0 aliphatic rings. The third-order valence-electron chi connectivity index (χ3n) is 6.24. The first-order valence-corrected chi connectivity index (χ1v) is 11.5. The summed E-state index contributed by atoms with van der Waals surface area (Å²) in [6.07, 6.45) is 1.72. The Morgan fingerprint density at radius 3 is 2.19 bits per heavy atom. The van der Waals surface area contributed by atoms with Gasteiger partial charge in [-0.15, -0.1) is 0 Å². The highest BCUT2D eigenvalue weighted by Gasteiger charge is 2.16. The van der Waals surface area contributed by atoms with Crippen molar-refractivity contribution in [2.24, 2.45) is 0 Å². The number of benzene rings is 3. The number of para-hydroxylation sites is 2. The summed E-state index contributed by atoms with van der Waals surface area (Å²) in [7, 11) is 3.19. The molecule has 36 heavy (non-hydrogen) atoms. The van der Waals surface area contributed by atoms with Crippen molar-refractivity contribution < 1.29 is 14.3 Å². The van der Waals surface area contributed by atoms with Gasteiger partial charge in [-0.05, 0) is 48.9 Å². The van der Waals surface area contributed by atoms with E-state index in [1.54, 1.807) is 37.2 Å². The van der Waals surface area contributed by atoms with Gasteiger partial charge in [0, 0.05) is 16.3 Å². The van der Waals surface area contributed by atoms with Gasteiger partial charge < -0.3 is 19.4 Å². The van der Waals surface area contributed by atoms with E-state index in [-0.39, 0.29) is 17.9 Å². The predicted molar refractivity (Wildman–Crippen MR) is 140 cm³/mol. The lowest BCUT2D eigenvalue weighted by Crippen LogP contribution is -2.23. The second kappa shape index (κ2) is 9.58. The molecule has 0 saturated heterocycles. The summed E-state index contributed by atoms with van der Waals surface area (Å²) in [4.78, 5) is 26.3. The molecule has 0 atom stereocenters. The number of aromatic nitrogens is 3. The van der Waals surface area contributed by atoms with Crippen molar-refractivity contribution >= 4 is 33.5 Å². The van der Waals surface area contributed by atoms with Crippen LogP contribution in [0.2, 0.25) is 0 Å². The molecule has 5 aromatic rings. The van der Waals surface area contributed by atoms with Crippen LogP contribution in [0, 0.1) is 6.92 Å². The quantitative estimate of drug-likeness (QED) is 0.348. The first kappa shape index (κ1) is 23.2. The van der Waals surface area contributed by atoms with Gasteiger partial charge >= 0.3 is 0 Å². The number of hydrogen-bond acceptors (Lipinski definition) is 5. The van der Waals surface area contributed by atoms with Crippen LogP contribution in [0.1, 0.15) is 11.1 Å². The Morgan fingerprint density at radius 1 is 0.917 bits per heavy atom. The van der Waals surface area contributed by atoms with Crippen molar-refractivity contribution in [1.29, 1.82) is 0 Å². The fourth-order valence-corrected chi connectivity index (χ4v) is 4.48. The van der Waals surface area contributed by atoms with Crippen LogP contribution in [0.5, 0.6) is 11.5 Å². The highest BCUT2D eigenvalue weighted by molar-refractivity contribution is 5.97. The zero-order valence-corrected chi connectivity index (χ0v) is 20.3. The first-order valence-electron chi connectivity index (χ1n) is 11.5. The average molecular weight is 483 g/mol. The van der Waals surface area contributed by atoms with Crippen molar-refractivity contribution in [3.8, 4) is 11.5 Å². The van der Waals surface area contributed by atoms with E-state index in [0.717, 1.165) is 11.1 Å². The maximum Gasteiger partial charge on any atom is 0.245 e. The number of amides is 1. The van der Waals surface area contributed by atoms with E-state index in [0.29, 0.717) is 45.7 Å². The Balaban J connectivity index is 1.46. The number of anilines is 1. The molecule has 8 heteroatoms. The molecule has 0 unspecified atom stereocenters. The number of pyridine rings is 1. The zero-order valence-electron chi connectivity index (χ0n) is 20.3. The molecule has 5 rings (SSSR count). The summed E-state index contributed by atoms with van der Waals surface area (Å²) in [6.45, 7) is 2.38. The van der Waals surface area contributed by atoms with Gasteiger partial charge in [0.25, 0.3) is 0 Å². The summed E-state index contributed by atoms with van der Waals surface area (Å²) in [6, 6.07) is 20.4. The third-order valence-corrected chi connectivity index (χ3v) is 6.24. The number of methoxy groups -OCH3 is 2. The Labute approximate surface area is 207 Å². The Bertz CT molecular complexity index is 1590. The minimum Gasteiger partial charge on any atom is -0.493 e. The molecule has 0 fully saturated rings. The summed E-state index contributed by atoms with van der Waals surface area (Å²) >= 11 is 0. The van der Waals surface area contributed by atoms with E-state index in [2.05, 4.69) is 10.4 Å². The Morgan fingerprint density at radius 2 is 1.56 bits per heavy atom. The standard InChI is InChI=1S/C28H26N4O4/c1-18-15-29-32(16-19-12-13-24(35-2)25(14-19)36-3)28(18)30-26(33)17-31-22-10-6-4-8-20(22)27(34)21-9-5-7-11-23(21)31/h4-15H,16-17H2,1-3H3,(H,30,33). The van der Waals surface area contributed by atoms with Crippen LogP contribution < -0.4 is 20.2 Å². The second-order valence-corrected chi connectivity index (χ2v) is 8.52. The van der Waals surface area contributed by atoms with Crippen molar-refractivity contribution in [2.45, 2.75) is 20.0 Å². The molecule has 8 nitrogen and oxygen atoms in total. The lowest BCUT2D eigenvalue weighted by Gasteiger charge is -2.16. The fraction of sp³-hybridized carbons (Fsp3) is 0.179. The molecular formula is C28H26N4O4. The molecular weight excluding hydrogens is 456 g/mol. The topological polar surface area (TPSA) is 87.4 Å². The molecule has 0 aliphatic carbocycles. The SMILES string of the molecule is COc1ccc(Cn2ncc(C)c2NC(=O)Cn2c3ccccc3c(=O)c3ccccc32)cc1OC. The Hall–Kier alpha value is -4.59. The zero-order chi connectivity index (χ0) is 25.2.